The van der Waals surface area contributed by atoms with Crippen LogP contribution in [0.4, 0.5) is 26.3 Å². The molecule has 0 aliphatic carbocycles. The van der Waals surface area contributed by atoms with E-state index in [4.69, 9.17) is 37.8 Å². The van der Waals surface area contributed by atoms with Gasteiger partial charge in [-0.15, -0.1) is 0 Å². The van der Waals surface area contributed by atoms with Crippen molar-refractivity contribution < 1.29 is 81.8 Å². The second-order valence-corrected chi connectivity index (χ2v) is 16.8. The van der Waals surface area contributed by atoms with Gasteiger partial charge >= 0.3 is 41.9 Å². The first-order chi connectivity index (χ1) is 29.4. The number of halogens is 8. The molecular weight excluding hydrogens is 891 g/mol. The Bertz CT molecular complexity index is 1940. The van der Waals surface area contributed by atoms with Gasteiger partial charge in [0, 0.05) is 75.1 Å². The number of benzene rings is 4. The van der Waals surface area contributed by atoms with E-state index < -0.39 is 29.6 Å². The Morgan fingerprint density at radius 3 is 1.48 bits per heavy atom. The molecule has 2 aliphatic heterocycles. The van der Waals surface area contributed by atoms with Crippen LogP contribution in [-0.4, -0.2) is 93.8 Å². The van der Waals surface area contributed by atoms with Gasteiger partial charge < -0.3 is 30.9 Å². The molecule has 7 nitrogen and oxygen atoms in total. The van der Waals surface area contributed by atoms with Crippen LogP contribution in [0.25, 0.3) is 0 Å². The summed E-state index contributed by atoms with van der Waals surface area (Å²) >= 11 is 11.8. The quantitative estimate of drug-likeness (QED) is 0.0752. The van der Waals surface area contributed by atoms with Crippen molar-refractivity contribution in [3.05, 3.63) is 129 Å². The summed E-state index contributed by atoms with van der Waals surface area (Å²) in [7, 11) is 1.00. The third-order valence-electron chi connectivity index (χ3n) is 10.9. The van der Waals surface area contributed by atoms with Crippen LogP contribution in [0.1, 0.15) is 74.1 Å². The normalized spacial score (nSPS) is 18.3. The van der Waals surface area contributed by atoms with E-state index in [2.05, 4.69) is 9.80 Å². The van der Waals surface area contributed by atoms with Gasteiger partial charge in [0.15, 0.2) is 5.78 Å². The Balaban J connectivity index is 0.000000599. The summed E-state index contributed by atoms with van der Waals surface area (Å²) in [6, 6.07) is 23.8. The van der Waals surface area contributed by atoms with Crippen molar-refractivity contribution in [3.63, 3.8) is 0 Å². The van der Waals surface area contributed by atoms with Gasteiger partial charge in [-0.2, -0.15) is 26.3 Å². The number of carbonyl (C=O) groups excluding carboxylic acids is 1. The van der Waals surface area contributed by atoms with E-state index in [-0.39, 0.29) is 62.9 Å². The number of Topliss-reactive ketones (excluding diaryl/α,β-unsaturated/α-hetero) is 1. The van der Waals surface area contributed by atoms with E-state index in [1.165, 1.54) is 24.3 Å². The van der Waals surface area contributed by atoms with Crippen LogP contribution in [0, 0.1) is 23.7 Å². The molecule has 3 radical (unpaired) electrons. The Hall–Kier alpha value is -2.79. The number of ketones is 1. The van der Waals surface area contributed by atoms with Gasteiger partial charge in [-0.25, -0.2) is 0 Å². The van der Waals surface area contributed by atoms with Crippen LogP contribution in [0.15, 0.2) is 97.1 Å². The number of alkyl halides is 6. The first kappa shape index (κ1) is 57.3. The Kier molecular flexibility index (Phi) is 24.9. The van der Waals surface area contributed by atoms with Crippen molar-refractivity contribution >= 4 is 37.4 Å². The number of rotatable bonds is 14. The number of likely N-dealkylation sites (tertiary alicyclic amines) is 2. The number of ether oxygens (including phenoxy) is 2. The number of hydrogen-bond donors (Lipinski definition) is 2. The molecule has 0 spiro atoms. The zero-order chi connectivity index (χ0) is 45.5. The molecule has 4 aromatic rings. The maximum atomic E-state index is 12.7. The Morgan fingerprint density at radius 1 is 0.688 bits per heavy atom. The van der Waals surface area contributed by atoms with Crippen LogP contribution < -0.4 is 39.0 Å². The van der Waals surface area contributed by atoms with Crippen LogP contribution in [-0.2, 0) is 12.4 Å². The first-order valence-electron chi connectivity index (χ1n) is 20.7. The molecule has 5 atom stereocenters. The Morgan fingerprint density at radius 2 is 1.08 bits per heavy atom. The monoisotopic (exact) mass is 947 g/mol. The van der Waals surface area contributed by atoms with Crippen molar-refractivity contribution in [2.45, 2.75) is 58.0 Å². The van der Waals surface area contributed by atoms with Gasteiger partial charge in [0.25, 0.3) is 0 Å². The molecule has 17 heteroatoms. The van der Waals surface area contributed by atoms with Gasteiger partial charge in [0.1, 0.15) is 11.5 Å². The molecule has 2 heterocycles. The van der Waals surface area contributed by atoms with E-state index in [1.807, 2.05) is 26.0 Å². The van der Waals surface area contributed by atoms with E-state index >= 15 is 0 Å². The predicted molar refractivity (Wildman–Crippen MR) is 238 cm³/mol. The van der Waals surface area contributed by atoms with Crippen LogP contribution in [0.3, 0.4) is 0 Å². The fourth-order valence-electron chi connectivity index (χ4n) is 7.68. The predicted octanol–water partition coefficient (Wildman–Crippen LogP) is 8.13. The standard InChI is InChI=1S/C23H27ClF3NO2.C23H25ClF3NO2.CH4O.B.Na.H/c2*1-16(22(29)18-4-8-20(24)9-5-18)13-28-12-2-3-17(14-28)15-30-21-10-6-19(7-11-21)23(25,26)27;1-2;;;/h4-11,16-17,22,29H,2-3,12-15H2,1H3;4-11,16-17H,2-3,12-15H2,1H3;2H,1H3;;;/q;;;;+1;-1. The van der Waals surface area contributed by atoms with Crippen molar-refractivity contribution in [1.82, 2.24) is 9.80 Å². The fraction of sp³-hybridized carbons (Fsp3) is 0.468. The molecule has 4 aromatic carbocycles. The SMILES string of the molecule is CC(CN1CCCC(COc2ccc(C(F)(F)F)cc2)C1)C(=O)c1ccc(Cl)cc1.CC(CN1CCCC(COc2ccc(C(F)(F)F)cc2)C1)C(O)c1ccc(Cl)cc1.CO.[B].[H-].[Na+]. The summed E-state index contributed by atoms with van der Waals surface area (Å²) < 4.78 is 87.4. The molecular formula is C47H57BCl2F6N2NaO5. The second kappa shape index (κ2) is 27.8. The molecule has 64 heavy (non-hydrogen) atoms. The summed E-state index contributed by atoms with van der Waals surface area (Å²) in [5.74, 6) is 1.48. The summed E-state index contributed by atoms with van der Waals surface area (Å²) in [6.07, 6.45) is -5.19. The summed E-state index contributed by atoms with van der Waals surface area (Å²) in [4.78, 5) is 17.2. The number of carbonyl (C=O) groups is 1. The minimum Gasteiger partial charge on any atom is -1.00 e. The van der Waals surface area contributed by atoms with Crippen molar-refractivity contribution in [2.75, 3.05) is 59.6 Å². The van der Waals surface area contributed by atoms with E-state index in [0.717, 1.165) is 95.3 Å². The molecule has 2 N–H and O–H groups in total. The zero-order valence-corrected chi connectivity index (χ0v) is 40.2. The number of piperidine rings is 2. The average Bonchev–Trinajstić information content (AvgIpc) is 3.26. The number of aliphatic hydroxyl groups is 2. The maximum absolute atomic E-state index is 12.7. The molecule has 2 fully saturated rings. The maximum Gasteiger partial charge on any atom is 1.00 e. The molecule has 6 rings (SSSR count). The second-order valence-electron chi connectivity index (χ2n) is 15.9. The van der Waals surface area contributed by atoms with Gasteiger partial charge in [0.2, 0.25) is 0 Å². The topological polar surface area (TPSA) is 82.5 Å². The van der Waals surface area contributed by atoms with Crippen LogP contribution in [0.2, 0.25) is 10.0 Å². The van der Waals surface area contributed by atoms with Crippen molar-refractivity contribution in [3.8, 4) is 11.5 Å². The molecule has 0 aromatic heterocycles. The molecule has 0 amide bonds. The van der Waals surface area contributed by atoms with E-state index in [9.17, 15) is 36.2 Å². The third-order valence-corrected chi connectivity index (χ3v) is 11.4. The van der Waals surface area contributed by atoms with Gasteiger partial charge in [-0.05, 0) is 135 Å². The molecule has 2 aliphatic rings. The van der Waals surface area contributed by atoms with Crippen molar-refractivity contribution in [1.29, 1.82) is 0 Å². The average molecular weight is 949 g/mol. The van der Waals surface area contributed by atoms with E-state index in [1.54, 1.807) is 36.4 Å². The number of hydrogen-bond acceptors (Lipinski definition) is 7. The Labute approximate surface area is 408 Å². The summed E-state index contributed by atoms with van der Waals surface area (Å²) in [5.41, 5.74) is 0.155. The van der Waals surface area contributed by atoms with Gasteiger partial charge in [0.05, 0.1) is 30.4 Å². The summed E-state index contributed by atoms with van der Waals surface area (Å²) in [5, 5.41) is 18.9. The minimum atomic E-state index is -4.34. The largest absolute Gasteiger partial charge is 1.00 e. The molecule has 0 saturated carbocycles. The third kappa shape index (κ3) is 18.8. The zero-order valence-electron chi connectivity index (χ0n) is 37.7. The van der Waals surface area contributed by atoms with Crippen molar-refractivity contribution in [2.24, 2.45) is 23.7 Å². The van der Waals surface area contributed by atoms with Crippen LogP contribution in [0.5, 0.6) is 11.5 Å². The molecule has 2 saturated heterocycles. The molecule has 0 bridgehead atoms. The fourth-order valence-corrected chi connectivity index (χ4v) is 7.93. The molecule has 345 valence electrons. The first-order valence-corrected chi connectivity index (χ1v) is 21.4. The van der Waals surface area contributed by atoms with Gasteiger partial charge in [-0.1, -0.05) is 49.2 Å². The number of aliphatic hydroxyl groups excluding tert-OH is 2. The molecule has 5 unspecified atom stereocenters. The summed E-state index contributed by atoms with van der Waals surface area (Å²) in [6.45, 7) is 9.84. The minimum absolute atomic E-state index is 0. The van der Waals surface area contributed by atoms with Crippen LogP contribution >= 0.6 is 23.2 Å². The number of nitrogens with zero attached hydrogens (tertiary/aromatic N) is 2. The van der Waals surface area contributed by atoms with E-state index in [0.29, 0.717) is 52.8 Å². The smallest absolute Gasteiger partial charge is 1.00 e. The van der Waals surface area contributed by atoms with Gasteiger partial charge in [-0.3, -0.25) is 4.79 Å².